The van der Waals surface area contributed by atoms with E-state index in [0.29, 0.717) is 6.04 Å². The van der Waals surface area contributed by atoms with Crippen LogP contribution in [0.2, 0.25) is 0 Å². The Morgan fingerprint density at radius 3 is 2.04 bits per heavy atom. The van der Waals surface area contributed by atoms with Gasteiger partial charge in [0.25, 0.3) is 0 Å². The quantitative estimate of drug-likeness (QED) is 0.423. The predicted octanol–water partition coefficient (Wildman–Crippen LogP) is 6.24. The van der Waals surface area contributed by atoms with Gasteiger partial charge in [-0.15, -0.1) is 11.7 Å². The molecule has 3 rings (SSSR count). The zero-order chi connectivity index (χ0) is 14.4. The summed E-state index contributed by atoms with van der Waals surface area (Å²) in [7, 11) is 0. The molecule has 1 heterocycles. The van der Waals surface area contributed by atoms with Crippen molar-refractivity contribution in [1.82, 2.24) is 0 Å². The van der Waals surface area contributed by atoms with E-state index in [2.05, 4.69) is 52.8 Å². The second-order valence-electron chi connectivity index (χ2n) is 6.21. The van der Waals surface area contributed by atoms with Gasteiger partial charge in [-0.1, -0.05) is 70.4 Å². The van der Waals surface area contributed by atoms with Gasteiger partial charge in [0.05, 0.1) is 0 Å². The van der Waals surface area contributed by atoms with Crippen LogP contribution < -0.4 is 0 Å². The van der Waals surface area contributed by atoms with Crippen molar-refractivity contribution in [3.8, 4) is 0 Å². The molecule has 0 aromatic heterocycles. The third-order valence-electron chi connectivity index (χ3n) is 5.01. The van der Waals surface area contributed by atoms with E-state index < -0.39 is 0 Å². The second-order valence-corrected chi connectivity index (χ2v) is 6.21. The van der Waals surface area contributed by atoms with Crippen LogP contribution in [0.1, 0.15) is 52.2 Å². The Balaban J connectivity index is 0.00000161. The minimum Gasteiger partial charge on any atom is -0.681 e. The molecule has 0 saturated heterocycles. The first kappa shape index (κ1) is 22.7. The van der Waals surface area contributed by atoms with Gasteiger partial charge in [-0.3, -0.25) is 0 Å². The molecule has 1 atom stereocenters. The van der Waals surface area contributed by atoms with E-state index in [9.17, 15) is 0 Å². The SMILES string of the molecule is C[C]1[C](C)[C](C)[C](c2cccc3c2[N-]C(C)CC3)[C]1C.[CH3-].[CH3-].[Ti+4]. The van der Waals surface area contributed by atoms with E-state index in [1.54, 1.807) is 0 Å². The third kappa shape index (κ3) is 3.88. The van der Waals surface area contributed by atoms with Gasteiger partial charge in [0.2, 0.25) is 0 Å². The van der Waals surface area contributed by atoms with Crippen LogP contribution in [-0.2, 0) is 28.1 Å². The summed E-state index contributed by atoms with van der Waals surface area (Å²) >= 11 is 0. The molecule has 23 heavy (non-hydrogen) atoms. The second kappa shape index (κ2) is 8.72. The summed E-state index contributed by atoms with van der Waals surface area (Å²) in [6, 6.07) is 7.12. The molecule has 0 bridgehead atoms. The third-order valence-corrected chi connectivity index (χ3v) is 5.01. The smallest absolute Gasteiger partial charge is 0.681 e. The summed E-state index contributed by atoms with van der Waals surface area (Å²) in [5, 5.41) is 4.94. The Morgan fingerprint density at radius 1 is 0.913 bits per heavy atom. The number of benzene rings is 1. The van der Waals surface area contributed by atoms with Gasteiger partial charge >= 0.3 is 21.7 Å². The van der Waals surface area contributed by atoms with Crippen molar-refractivity contribution in [3.05, 3.63) is 79.1 Å². The van der Waals surface area contributed by atoms with E-state index in [1.807, 2.05) is 0 Å². The average Bonchev–Trinajstić information content (AvgIpc) is 2.63. The van der Waals surface area contributed by atoms with Crippen LogP contribution in [-0.4, -0.2) is 6.04 Å². The molecule has 5 radical (unpaired) electrons. The summed E-state index contributed by atoms with van der Waals surface area (Å²) in [6.45, 7) is 11.2. The van der Waals surface area contributed by atoms with Crippen molar-refractivity contribution < 1.29 is 21.7 Å². The minimum atomic E-state index is 0. The summed E-state index contributed by atoms with van der Waals surface area (Å²) in [5.74, 6) is 7.11. The van der Waals surface area contributed by atoms with Crippen molar-refractivity contribution in [2.75, 3.05) is 0 Å². The topological polar surface area (TPSA) is 14.1 Å². The van der Waals surface area contributed by atoms with Crippen LogP contribution >= 0.6 is 0 Å². The van der Waals surface area contributed by atoms with Gasteiger partial charge in [-0.05, 0) is 30.1 Å². The van der Waals surface area contributed by atoms with E-state index in [0.717, 1.165) is 6.42 Å². The van der Waals surface area contributed by atoms with Crippen LogP contribution in [0, 0.1) is 44.4 Å². The standard InChI is InChI=1S/C19H23N.2CH3.Ti/c1-11-9-10-16-7-6-8-17(19(16)20-11)18-14(4)12(2)13(3)15(18)5;;;/h6-8,11H,9-10H2,1-5H3;2*1H3;/q3*-1;+4. The number of aryl methyl sites for hydroxylation is 1. The van der Waals surface area contributed by atoms with Crippen LogP contribution in [0.4, 0.5) is 5.69 Å². The number of fused-ring (bicyclic) bond motifs is 1. The maximum Gasteiger partial charge on any atom is 4.00 e. The molecule has 1 aromatic carbocycles. The fraction of sp³-hybridized carbons (Fsp3) is 0.381. The summed E-state index contributed by atoms with van der Waals surface area (Å²) in [5.41, 5.74) is 3.98. The molecule has 2 heteroatoms. The minimum absolute atomic E-state index is 0. The van der Waals surface area contributed by atoms with Crippen molar-refractivity contribution in [2.45, 2.75) is 53.5 Å². The first-order valence-electron chi connectivity index (χ1n) is 7.56. The van der Waals surface area contributed by atoms with E-state index in [-0.39, 0.29) is 36.6 Å². The molecule has 1 aliphatic carbocycles. The van der Waals surface area contributed by atoms with E-state index in [4.69, 9.17) is 5.32 Å². The molecule has 1 aliphatic heterocycles. The van der Waals surface area contributed by atoms with Crippen LogP contribution in [0.15, 0.2) is 18.2 Å². The van der Waals surface area contributed by atoms with Crippen LogP contribution in [0.25, 0.3) is 5.32 Å². The molecule has 1 aromatic rings. The van der Waals surface area contributed by atoms with Crippen molar-refractivity contribution >= 4 is 5.69 Å². The molecule has 2 aliphatic rings. The van der Waals surface area contributed by atoms with Gasteiger partial charge in [0, 0.05) is 5.92 Å². The normalized spacial score (nSPS) is 23.3. The molecular formula is C21H29NTi+. The fourth-order valence-electron chi connectivity index (χ4n) is 3.42. The number of para-hydroxylation sites is 1. The number of hydrogen-bond donors (Lipinski definition) is 0. The summed E-state index contributed by atoms with van der Waals surface area (Å²) in [6.07, 6.45) is 2.33. The molecule has 1 fully saturated rings. The van der Waals surface area contributed by atoms with Gasteiger partial charge in [0.15, 0.2) is 0 Å². The van der Waals surface area contributed by atoms with Crippen LogP contribution in [0.3, 0.4) is 0 Å². The molecule has 0 amide bonds. The van der Waals surface area contributed by atoms with Gasteiger partial charge in [-0.2, -0.15) is 0 Å². The largest absolute Gasteiger partial charge is 4.00 e. The number of hydrogen-bond acceptors (Lipinski definition) is 0. The fourth-order valence-corrected chi connectivity index (χ4v) is 3.42. The molecular weight excluding hydrogens is 314 g/mol. The average molecular weight is 343 g/mol. The molecule has 121 valence electrons. The Labute approximate surface area is 159 Å². The van der Waals surface area contributed by atoms with Gasteiger partial charge < -0.3 is 20.2 Å². The maximum atomic E-state index is 4.94. The summed E-state index contributed by atoms with van der Waals surface area (Å²) in [4.78, 5) is 0. The van der Waals surface area contributed by atoms with Gasteiger partial charge in [-0.25, -0.2) is 0 Å². The molecule has 1 unspecified atom stereocenters. The summed E-state index contributed by atoms with van der Waals surface area (Å²) < 4.78 is 0. The first-order chi connectivity index (χ1) is 9.50. The molecule has 1 nitrogen and oxygen atoms in total. The Morgan fingerprint density at radius 2 is 1.48 bits per heavy atom. The number of rotatable bonds is 1. The maximum absolute atomic E-state index is 4.94. The van der Waals surface area contributed by atoms with Gasteiger partial charge in [0.1, 0.15) is 0 Å². The molecule has 0 N–H and O–H groups in total. The monoisotopic (exact) mass is 343 g/mol. The Kier molecular flexibility index (Phi) is 8.62. The predicted molar refractivity (Wildman–Crippen MR) is 98.1 cm³/mol. The Bertz CT molecular complexity index is 485. The van der Waals surface area contributed by atoms with E-state index in [1.165, 1.54) is 52.8 Å². The zero-order valence-corrected chi connectivity index (χ0v) is 17.2. The number of nitrogens with zero attached hydrogens (tertiary/aromatic N) is 1. The van der Waals surface area contributed by atoms with Crippen molar-refractivity contribution in [2.24, 2.45) is 0 Å². The van der Waals surface area contributed by atoms with Crippen molar-refractivity contribution in [1.29, 1.82) is 0 Å². The molecule has 1 saturated carbocycles. The first-order valence-corrected chi connectivity index (χ1v) is 7.56. The molecule has 0 spiro atoms. The Hall–Kier alpha value is -0.266. The zero-order valence-electron chi connectivity index (χ0n) is 15.7. The van der Waals surface area contributed by atoms with E-state index >= 15 is 0 Å². The van der Waals surface area contributed by atoms with Crippen LogP contribution in [0.5, 0.6) is 0 Å². The van der Waals surface area contributed by atoms with Crippen molar-refractivity contribution in [3.63, 3.8) is 0 Å².